The minimum atomic E-state index is -1.20. The second kappa shape index (κ2) is 14.5. The maximum atomic E-state index is 13.7. The Balaban J connectivity index is 1.69. The van der Waals surface area contributed by atoms with Crippen molar-refractivity contribution in [1.82, 2.24) is 20.9 Å². The number of ether oxygens (including phenoxy) is 1. The summed E-state index contributed by atoms with van der Waals surface area (Å²) in [7, 11) is 0. The van der Waals surface area contributed by atoms with E-state index in [9.17, 15) is 29.1 Å². The number of unbranched alkanes of at least 4 members (excludes halogenated alkanes) is 3. The zero-order valence-corrected chi connectivity index (χ0v) is 25.7. The van der Waals surface area contributed by atoms with Crippen LogP contribution in [0.3, 0.4) is 0 Å². The van der Waals surface area contributed by atoms with Crippen LogP contribution in [0.4, 0.5) is 4.79 Å². The van der Waals surface area contributed by atoms with Gasteiger partial charge in [0.2, 0.25) is 17.7 Å². The van der Waals surface area contributed by atoms with Crippen LogP contribution < -0.4 is 16.0 Å². The Labute approximate surface area is 253 Å². The van der Waals surface area contributed by atoms with E-state index in [0.717, 1.165) is 25.7 Å². The summed E-state index contributed by atoms with van der Waals surface area (Å²) >= 11 is 0. The van der Waals surface area contributed by atoms with Crippen molar-refractivity contribution >= 4 is 29.8 Å². The van der Waals surface area contributed by atoms with Gasteiger partial charge in [-0.15, -0.1) is 6.58 Å². The molecule has 1 aromatic rings. The standard InChI is InChI=1S/C32H46N4O7/c1-6-8-9-10-15-24(34-30(42)43-31(3,4)5)27(38)36-17-12-16-25(36)26(37)35-32(19-23(32)7-2)29(41)33-20-21-13-11-14-22(18-21)28(39)40/h7,11,13-14,18,23-25H,2,6,8-10,12,15-17,19-20H2,1,3-5H3,(H,33,41)(H,34,42)(H,35,37)(H,39,40)/t23?,24-,25-,32+/m0/s1. The lowest BCUT2D eigenvalue weighted by Crippen LogP contribution is -2.57. The van der Waals surface area contributed by atoms with Gasteiger partial charge in [0, 0.05) is 19.0 Å². The van der Waals surface area contributed by atoms with E-state index in [0.29, 0.717) is 37.8 Å². The van der Waals surface area contributed by atoms with Crippen molar-refractivity contribution in [3.8, 4) is 0 Å². The number of benzene rings is 1. The van der Waals surface area contributed by atoms with Crippen LogP contribution in [0.25, 0.3) is 0 Å². The lowest BCUT2D eigenvalue weighted by atomic mass is 10.0. The maximum absolute atomic E-state index is 13.7. The first-order valence-corrected chi connectivity index (χ1v) is 15.2. The van der Waals surface area contributed by atoms with Crippen LogP contribution in [0.5, 0.6) is 0 Å². The summed E-state index contributed by atoms with van der Waals surface area (Å²) in [4.78, 5) is 66.1. The average Bonchev–Trinajstić information content (AvgIpc) is 3.43. The van der Waals surface area contributed by atoms with Crippen molar-refractivity contribution in [2.24, 2.45) is 5.92 Å². The third kappa shape index (κ3) is 9.05. The third-order valence-corrected chi connectivity index (χ3v) is 7.85. The molecule has 0 bridgehead atoms. The lowest BCUT2D eigenvalue weighted by Gasteiger charge is -2.30. The first-order chi connectivity index (χ1) is 20.3. The molecule has 1 aliphatic heterocycles. The van der Waals surface area contributed by atoms with E-state index in [4.69, 9.17) is 4.74 Å². The number of hydrogen-bond donors (Lipinski definition) is 4. The Morgan fingerprint density at radius 2 is 1.93 bits per heavy atom. The van der Waals surface area contributed by atoms with Crippen LogP contribution in [0, 0.1) is 5.92 Å². The summed E-state index contributed by atoms with van der Waals surface area (Å²) in [5.74, 6) is -2.52. The first-order valence-electron chi connectivity index (χ1n) is 15.2. The Kier molecular flexibility index (Phi) is 11.4. The first kappa shape index (κ1) is 33.6. The fourth-order valence-corrected chi connectivity index (χ4v) is 5.48. The fraction of sp³-hybridized carbons (Fsp3) is 0.594. The largest absolute Gasteiger partial charge is 0.478 e. The predicted molar refractivity (Wildman–Crippen MR) is 161 cm³/mol. The fourth-order valence-electron chi connectivity index (χ4n) is 5.48. The van der Waals surface area contributed by atoms with Crippen molar-refractivity contribution in [1.29, 1.82) is 0 Å². The van der Waals surface area contributed by atoms with Gasteiger partial charge >= 0.3 is 12.1 Å². The van der Waals surface area contributed by atoms with E-state index < -0.39 is 47.1 Å². The molecule has 2 aliphatic rings. The molecule has 11 heteroatoms. The number of carbonyl (C=O) groups is 5. The van der Waals surface area contributed by atoms with Gasteiger partial charge in [0.05, 0.1) is 5.56 Å². The molecule has 0 spiro atoms. The molecule has 1 aromatic carbocycles. The van der Waals surface area contributed by atoms with Crippen molar-refractivity contribution in [3.63, 3.8) is 0 Å². The quantitative estimate of drug-likeness (QED) is 0.187. The number of rotatable bonds is 14. The number of carbonyl (C=O) groups excluding carboxylic acids is 4. The number of carboxylic acids is 1. The number of alkyl carbamates (subject to hydrolysis) is 1. The van der Waals surface area contributed by atoms with Gasteiger partial charge in [-0.1, -0.05) is 50.8 Å². The molecule has 2 fully saturated rings. The number of nitrogens with one attached hydrogen (secondary N) is 3. The number of nitrogens with zero attached hydrogens (tertiary/aromatic N) is 1. The molecule has 4 atom stereocenters. The molecule has 4 N–H and O–H groups in total. The number of amides is 4. The topological polar surface area (TPSA) is 154 Å². The minimum Gasteiger partial charge on any atom is -0.478 e. The van der Waals surface area contributed by atoms with E-state index in [1.165, 1.54) is 17.0 Å². The second-order valence-corrected chi connectivity index (χ2v) is 12.4. The smallest absolute Gasteiger partial charge is 0.408 e. The average molecular weight is 599 g/mol. The third-order valence-electron chi connectivity index (χ3n) is 7.85. The molecule has 236 valence electrons. The summed E-state index contributed by atoms with van der Waals surface area (Å²) in [6.07, 6.45) is 6.49. The molecule has 1 saturated heterocycles. The monoisotopic (exact) mass is 598 g/mol. The van der Waals surface area contributed by atoms with Gasteiger partial charge in [0.15, 0.2) is 0 Å². The maximum Gasteiger partial charge on any atom is 0.408 e. The summed E-state index contributed by atoms with van der Waals surface area (Å²) < 4.78 is 5.40. The molecular weight excluding hydrogens is 552 g/mol. The summed E-state index contributed by atoms with van der Waals surface area (Å²) in [5, 5.41) is 17.7. The SMILES string of the molecule is C=CC1C[C@]1(NC(=O)[C@@H]1CCCN1C(=O)[C@H](CCCCCC)NC(=O)OC(C)(C)C)C(=O)NCc1cccc(C(=O)O)c1. The van der Waals surface area contributed by atoms with Crippen LogP contribution in [-0.2, 0) is 25.7 Å². The molecule has 1 saturated carbocycles. The zero-order valence-electron chi connectivity index (χ0n) is 25.7. The molecule has 4 amide bonds. The molecule has 0 aromatic heterocycles. The van der Waals surface area contributed by atoms with Crippen molar-refractivity contribution in [3.05, 3.63) is 48.0 Å². The Morgan fingerprint density at radius 1 is 1.19 bits per heavy atom. The van der Waals surface area contributed by atoms with Crippen LogP contribution in [0.15, 0.2) is 36.9 Å². The summed E-state index contributed by atoms with van der Waals surface area (Å²) in [6, 6.07) is 4.65. The Morgan fingerprint density at radius 3 is 2.56 bits per heavy atom. The lowest BCUT2D eigenvalue weighted by molar-refractivity contribution is -0.141. The van der Waals surface area contributed by atoms with Gasteiger partial charge in [-0.2, -0.15) is 0 Å². The highest BCUT2D eigenvalue weighted by Gasteiger charge is 2.60. The molecule has 0 radical (unpaired) electrons. The normalized spacial score (nSPS) is 21.8. The second-order valence-electron chi connectivity index (χ2n) is 12.4. The Hall–Kier alpha value is -3.89. The van der Waals surface area contributed by atoms with Crippen LogP contribution in [-0.4, -0.2) is 69.6 Å². The zero-order chi connectivity index (χ0) is 31.8. The van der Waals surface area contributed by atoms with E-state index in [1.54, 1.807) is 39.0 Å². The van der Waals surface area contributed by atoms with Gasteiger partial charge in [-0.3, -0.25) is 14.4 Å². The van der Waals surface area contributed by atoms with Crippen LogP contribution in [0.1, 0.15) is 95.0 Å². The molecule has 3 rings (SSSR count). The Bertz CT molecular complexity index is 1210. The molecule has 1 heterocycles. The van der Waals surface area contributed by atoms with Gasteiger partial charge in [-0.05, 0) is 64.2 Å². The van der Waals surface area contributed by atoms with Crippen LogP contribution >= 0.6 is 0 Å². The number of carboxylic acid groups (broad SMARTS) is 1. The van der Waals surface area contributed by atoms with Gasteiger partial charge in [0.1, 0.15) is 23.2 Å². The van der Waals surface area contributed by atoms with E-state index in [2.05, 4.69) is 29.5 Å². The van der Waals surface area contributed by atoms with Gasteiger partial charge in [-0.25, -0.2) is 9.59 Å². The molecule has 1 unspecified atom stereocenters. The molecule has 1 aliphatic carbocycles. The highest BCUT2D eigenvalue weighted by molar-refractivity contribution is 5.98. The highest BCUT2D eigenvalue weighted by atomic mass is 16.6. The van der Waals surface area contributed by atoms with E-state index >= 15 is 0 Å². The van der Waals surface area contributed by atoms with Gasteiger partial charge in [0.25, 0.3) is 0 Å². The minimum absolute atomic E-state index is 0.0888. The highest BCUT2D eigenvalue weighted by Crippen LogP contribution is 2.45. The van der Waals surface area contributed by atoms with Crippen molar-refractivity contribution in [2.75, 3.05) is 6.54 Å². The summed E-state index contributed by atoms with van der Waals surface area (Å²) in [5.41, 5.74) is -1.20. The van der Waals surface area contributed by atoms with E-state index in [-0.39, 0.29) is 23.9 Å². The van der Waals surface area contributed by atoms with Crippen molar-refractivity contribution in [2.45, 2.75) is 109 Å². The number of likely N-dealkylation sites (tertiary alicyclic amines) is 1. The summed E-state index contributed by atoms with van der Waals surface area (Å²) in [6.45, 7) is 11.6. The molecule has 11 nitrogen and oxygen atoms in total. The van der Waals surface area contributed by atoms with Gasteiger partial charge < -0.3 is 30.7 Å². The predicted octanol–water partition coefficient (Wildman–Crippen LogP) is 3.92. The van der Waals surface area contributed by atoms with Crippen molar-refractivity contribution < 1.29 is 33.8 Å². The number of hydrogen-bond acceptors (Lipinski definition) is 6. The molecule has 43 heavy (non-hydrogen) atoms. The van der Waals surface area contributed by atoms with Crippen LogP contribution in [0.2, 0.25) is 0 Å². The molecular formula is C32H46N4O7. The van der Waals surface area contributed by atoms with E-state index in [1.807, 2.05) is 0 Å². The number of aromatic carboxylic acids is 1.